The van der Waals surface area contributed by atoms with E-state index in [-0.39, 0.29) is 0 Å². The molecular weight excluding hydrogens is 277 g/mol. The highest BCUT2D eigenvalue weighted by atomic mass is 19.4. The molecule has 21 heavy (non-hydrogen) atoms. The van der Waals surface area contributed by atoms with Gasteiger partial charge < -0.3 is 5.73 Å². The number of benzene rings is 1. The molecule has 3 rings (SSSR count). The van der Waals surface area contributed by atoms with Crippen LogP contribution < -0.4 is 5.73 Å². The molecule has 0 saturated heterocycles. The van der Waals surface area contributed by atoms with Gasteiger partial charge in [0.2, 0.25) is 0 Å². The lowest BCUT2D eigenvalue weighted by molar-refractivity contribution is -0.137. The summed E-state index contributed by atoms with van der Waals surface area (Å²) in [5.74, 6) is 0. The number of hydrogen-bond donors (Lipinski definition) is 1. The molecule has 2 aromatic rings. The first-order valence-electron chi connectivity index (χ1n) is 6.82. The summed E-state index contributed by atoms with van der Waals surface area (Å²) < 4.78 is 38.0. The molecule has 5 heteroatoms. The number of aromatic nitrogens is 1. The molecule has 1 aromatic heterocycles. The molecule has 0 unspecified atom stereocenters. The fourth-order valence-electron chi connectivity index (χ4n) is 2.96. The molecule has 0 fully saturated rings. The molecule has 0 radical (unpaired) electrons. The van der Waals surface area contributed by atoms with Gasteiger partial charge in [0.15, 0.2) is 0 Å². The Labute approximate surface area is 120 Å². The van der Waals surface area contributed by atoms with Crippen molar-refractivity contribution in [3.8, 4) is 0 Å². The van der Waals surface area contributed by atoms with Gasteiger partial charge in [0.05, 0.1) is 16.8 Å². The number of fused-ring (bicyclic) bond motifs is 1. The zero-order valence-corrected chi connectivity index (χ0v) is 11.3. The molecule has 0 bridgehead atoms. The molecule has 1 heterocycles. The monoisotopic (exact) mass is 292 g/mol. The van der Waals surface area contributed by atoms with Gasteiger partial charge in [-0.1, -0.05) is 18.2 Å². The van der Waals surface area contributed by atoms with Gasteiger partial charge in [-0.25, -0.2) is 0 Å². The molecule has 1 aliphatic carbocycles. The quantitative estimate of drug-likeness (QED) is 0.871. The predicted octanol–water partition coefficient (Wildman–Crippen LogP) is 3.64. The van der Waals surface area contributed by atoms with Crippen LogP contribution in [0.5, 0.6) is 0 Å². The third kappa shape index (κ3) is 2.42. The second-order valence-electron chi connectivity index (χ2n) is 5.41. The van der Waals surface area contributed by atoms with Crippen LogP contribution in [0.2, 0.25) is 0 Å². The molecule has 0 aliphatic heterocycles. The SMILES string of the molecule is N[C@@]1(c2ccc(C(F)(F)F)cc2)CCCc2cccnc21. The van der Waals surface area contributed by atoms with Gasteiger partial charge in [-0.3, -0.25) is 4.98 Å². The number of hydrogen-bond acceptors (Lipinski definition) is 2. The summed E-state index contributed by atoms with van der Waals surface area (Å²) in [7, 11) is 0. The maximum absolute atomic E-state index is 12.7. The Morgan fingerprint density at radius 2 is 1.81 bits per heavy atom. The van der Waals surface area contributed by atoms with Crippen LogP contribution in [0.25, 0.3) is 0 Å². The zero-order valence-electron chi connectivity index (χ0n) is 11.3. The lowest BCUT2D eigenvalue weighted by Crippen LogP contribution is -2.42. The Hall–Kier alpha value is -1.88. The Balaban J connectivity index is 2.04. The number of nitrogens with zero attached hydrogens (tertiary/aromatic N) is 1. The van der Waals surface area contributed by atoms with Gasteiger partial charge in [-0.05, 0) is 48.6 Å². The fraction of sp³-hybridized carbons (Fsp3) is 0.312. The summed E-state index contributed by atoms with van der Waals surface area (Å²) in [5, 5.41) is 0. The summed E-state index contributed by atoms with van der Waals surface area (Å²) in [6.07, 6.45) is -0.166. The van der Waals surface area contributed by atoms with Crippen LogP contribution in [-0.2, 0) is 18.1 Å². The first-order chi connectivity index (χ1) is 9.91. The van der Waals surface area contributed by atoms with E-state index < -0.39 is 17.3 Å². The summed E-state index contributed by atoms with van der Waals surface area (Å²) in [6.45, 7) is 0. The lowest BCUT2D eigenvalue weighted by atomic mass is 9.76. The summed E-state index contributed by atoms with van der Waals surface area (Å²) >= 11 is 0. The number of nitrogens with two attached hydrogens (primary N) is 1. The van der Waals surface area contributed by atoms with Crippen LogP contribution in [-0.4, -0.2) is 4.98 Å². The van der Waals surface area contributed by atoms with Crippen LogP contribution in [0.1, 0.15) is 35.2 Å². The third-order valence-corrected chi connectivity index (χ3v) is 4.06. The number of alkyl halides is 3. The van der Waals surface area contributed by atoms with E-state index in [0.717, 1.165) is 36.2 Å². The summed E-state index contributed by atoms with van der Waals surface area (Å²) in [5.41, 5.74) is 7.57. The van der Waals surface area contributed by atoms with Crippen molar-refractivity contribution in [2.24, 2.45) is 5.73 Å². The van der Waals surface area contributed by atoms with Crippen molar-refractivity contribution < 1.29 is 13.2 Å². The van der Waals surface area contributed by atoms with Gasteiger partial charge in [-0.15, -0.1) is 0 Å². The number of rotatable bonds is 1. The molecule has 1 aromatic carbocycles. The van der Waals surface area contributed by atoms with E-state index in [2.05, 4.69) is 4.98 Å². The lowest BCUT2D eigenvalue weighted by Gasteiger charge is -2.35. The summed E-state index contributed by atoms with van der Waals surface area (Å²) in [6, 6.07) is 8.94. The van der Waals surface area contributed by atoms with Gasteiger partial charge in [0.1, 0.15) is 0 Å². The first-order valence-corrected chi connectivity index (χ1v) is 6.82. The van der Waals surface area contributed by atoms with Crippen LogP contribution in [0, 0.1) is 0 Å². The smallest absolute Gasteiger partial charge is 0.316 e. The van der Waals surface area contributed by atoms with Crippen LogP contribution in [0.3, 0.4) is 0 Å². The molecule has 1 atom stereocenters. The molecular formula is C16H15F3N2. The maximum Gasteiger partial charge on any atom is 0.416 e. The Morgan fingerprint density at radius 3 is 2.48 bits per heavy atom. The van der Waals surface area contributed by atoms with E-state index in [1.165, 1.54) is 12.1 Å². The van der Waals surface area contributed by atoms with E-state index in [1.807, 2.05) is 12.1 Å². The van der Waals surface area contributed by atoms with Crippen molar-refractivity contribution in [3.05, 3.63) is 65.0 Å². The molecule has 0 saturated carbocycles. The molecule has 0 amide bonds. The second-order valence-corrected chi connectivity index (χ2v) is 5.41. The minimum atomic E-state index is -4.33. The van der Waals surface area contributed by atoms with Crippen LogP contribution >= 0.6 is 0 Å². The van der Waals surface area contributed by atoms with E-state index in [4.69, 9.17) is 5.73 Å². The van der Waals surface area contributed by atoms with Crippen molar-refractivity contribution in [1.29, 1.82) is 0 Å². The summed E-state index contributed by atoms with van der Waals surface area (Å²) in [4.78, 5) is 4.37. The predicted molar refractivity (Wildman–Crippen MR) is 73.6 cm³/mol. The van der Waals surface area contributed by atoms with Crippen molar-refractivity contribution in [3.63, 3.8) is 0 Å². The van der Waals surface area contributed by atoms with Crippen molar-refractivity contribution >= 4 is 0 Å². The largest absolute Gasteiger partial charge is 0.416 e. The van der Waals surface area contributed by atoms with Crippen molar-refractivity contribution in [1.82, 2.24) is 4.98 Å². The molecule has 2 nitrogen and oxygen atoms in total. The topological polar surface area (TPSA) is 38.9 Å². The van der Waals surface area contributed by atoms with Crippen LogP contribution in [0.4, 0.5) is 13.2 Å². The highest BCUT2D eigenvalue weighted by Crippen LogP contribution is 2.38. The Kier molecular flexibility index (Phi) is 3.24. The van der Waals surface area contributed by atoms with Crippen molar-refractivity contribution in [2.75, 3.05) is 0 Å². The molecule has 110 valence electrons. The minimum absolute atomic E-state index is 0.660. The average Bonchev–Trinajstić information content (AvgIpc) is 2.47. The molecule has 2 N–H and O–H groups in total. The normalized spacial score (nSPS) is 21.9. The van der Waals surface area contributed by atoms with Crippen molar-refractivity contribution in [2.45, 2.75) is 31.0 Å². The third-order valence-electron chi connectivity index (χ3n) is 4.06. The fourth-order valence-corrected chi connectivity index (χ4v) is 2.96. The Morgan fingerprint density at radius 1 is 1.10 bits per heavy atom. The standard InChI is InChI=1S/C16H15F3N2/c17-16(18,19)13-7-5-12(6-8-13)15(20)9-1-3-11-4-2-10-21-14(11)15/h2,4-8,10H,1,3,9,20H2/t15-/m1/s1. The minimum Gasteiger partial charge on any atom is -0.316 e. The average molecular weight is 292 g/mol. The highest BCUT2D eigenvalue weighted by Gasteiger charge is 2.37. The van der Waals surface area contributed by atoms with Gasteiger partial charge in [0, 0.05) is 6.20 Å². The van der Waals surface area contributed by atoms with E-state index in [1.54, 1.807) is 6.20 Å². The number of aryl methyl sites for hydroxylation is 1. The number of pyridine rings is 1. The van der Waals surface area contributed by atoms with E-state index in [0.29, 0.717) is 12.0 Å². The van der Waals surface area contributed by atoms with Crippen LogP contribution in [0.15, 0.2) is 42.6 Å². The van der Waals surface area contributed by atoms with Gasteiger partial charge in [0.25, 0.3) is 0 Å². The second kappa shape index (κ2) is 4.84. The Bertz CT molecular complexity index is 649. The first kappa shape index (κ1) is 14.1. The molecule has 1 aliphatic rings. The molecule has 0 spiro atoms. The van der Waals surface area contributed by atoms with E-state index in [9.17, 15) is 13.2 Å². The maximum atomic E-state index is 12.7. The van der Waals surface area contributed by atoms with Gasteiger partial charge in [-0.2, -0.15) is 13.2 Å². The van der Waals surface area contributed by atoms with E-state index >= 15 is 0 Å². The number of halogens is 3. The zero-order chi connectivity index (χ0) is 15.1. The highest BCUT2D eigenvalue weighted by molar-refractivity contribution is 5.41. The van der Waals surface area contributed by atoms with Gasteiger partial charge >= 0.3 is 6.18 Å².